The first kappa shape index (κ1) is 30.8. The van der Waals surface area contributed by atoms with Gasteiger partial charge in [-0.2, -0.15) is 0 Å². The number of nitrogens with one attached hydrogen (secondary N) is 3. The van der Waals surface area contributed by atoms with Gasteiger partial charge in [0.05, 0.1) is 18.9 Å². The quantitative estimate of drug-likeness (QED) is 0.122. The maximum Gasteiger partial charge on any atom is 0.326 e. The number of hydrogen-bond acceptors (Lipinski definition) is 8. The van der Waals surface area contributed by atoms with Crippen LogP contribution in [0.2, 0.25) is 0 Å². The van der Waals surface area contributed by atoms with Crippen LogP contribution in [-0.4, -0.2) is 69.9 Å². The van der Waals surface area contributed by atoms with Crippen molar-refractivity contribution in [2.24, 2.45) is 23.1 Å². The Morgan fingerprint density at radius 1 is 0.784 bits per heavy atom. The van der Waals surface area contributed by atoms with Crippen LogP contribution in [0.15, 0.2) is 24.3 Å². The smallest absolute Gasteiger partial charge is 0.326 e. The average Bonchev–Trinajstić information content (AvgIpc) is 2.78. The number of carboxylic acid groups (broad SMARTS) is 1. The van der Waals surface area contributed by atoms with Gasteiger partial charge in [-0.05, 0) is 36.5 Å². The van der Waals surface area contributed by atoms with Crippen molar-refractivity contribution in [3.8, 4) is 5.75 Å². The molecule has 5 amide bonds. The highest BCUT2D eigenvalue weighted by Crippen LogP contribution is 2.12. The second kappa shape index (κ2) is 14.4. The molecule has 4 unspecified atom stereocenters. The highest BCUT2D eigenvalue weighted by Gasteiger charge is 2.32. The number of carboxylic acids is 1. The summed E-state index contributed by atoms with van der Waals surface area (Å²) in [5.41, 5.74) is 16.8. The number of aromatic hydroxyl groups is 1. The summed E-state index contributed by atoms with van der Waals surface area (Å²) in [4.78, 5) is 72.3. The molecule has 4 atom stereocenters. The van der Waals surface area contributed by atoms with Gasteiger partial charge in [-0.25, -0.2) is 4.79 Å². The van der Waals surface area contributed by atoms with Crippen LogP contribution < -0.4 is 33.2 Å². The van der Waals surface area contributed by atoms with Crippen LogP contribution in [0.4, 0.5) is 0 Å². The number of rotatable bonds is 15. The van der Waals surface area contributed by atoms with Crippen LogP contribution in [-0.2, 0) is 35.2 Å². The number of phenols is 1. The highest BCUT2D eigenvalue weighted by molar-refractivity contribution is 5.96. The van der Waals surface area contributed by atoms with E-state index in [1.165, 1.54) is 12.1 Å². The second-order valence-corrected chi connectivity index (χ2v) is 8.97. The van der Waals surface area contributed by atoms with E-state index in [1.807, 2.05) is 5.32 Å². The van der Waals surface area contributed by atoms with E-state index < -0.39 is 72.5 Å². The van der Waals surface area contributed by atoms with Crippen molar-refractivity contribution in [3.05, 3.63) is 29.8 Å². The van der Waals surface area contributed by atoms with Gasteiger partial charge in [-0.15, -0.1) is 0 Å². The molecular formula is C23H34N6O8. The number of phenolic OH excluding ortho intramolecular Hbond substituents is 1. The molecule has 14 nitrogen and oxygen atoms in total. The summed E-state index contributed by atoms with van der Waals surface area (Å²) in [6.45, 7) is 3.58. The SMILES string of the molecule is CC(C)CC(NC(=O)C(N)Cc1ccc(O)cc1)C(=O)NC(CC(N)=O)C(=O)NC(CC(N)=O)C(=O)O. The molecule has 0 aliphatic rings. The Hall–Kier alpha value is -4.20. The van der Waals surface area contributed by atoms with Gasteiger partial charge in [-0.1, -0.05) is 26.0 Å². The summed E-state index contributed by atoms with van der Waals surface area (Å²) in [5, 5.41) is 25.5. The fraction of sp³-hybridized carbons (Fsp3) is 0.478. The Bertz CT molecular complexity index is 997. The lowest BCUT2D eigenvalue weighted by Crippen LogP contribution is -2.58. The summed E-state index contributed by atoms with van der Waals surface area (Å²) in [7, 11) is 0. The van der Waals surface area contributed by atoms with Crippen LogP contribution >= 0.6 is 0 Å². The molecule has 0 saturated carbocycles. The molecule has 0 saturated heterocycles. The lowest BCUT2D eigenvalue weighted by Gasteiger charge is -2.25. The Morgan fingerprint density at radius 3 is 1.73 bits per heavy atom. The normalized spacial score (nSPS) is 14.1. The first-order valence-electron chi connectivity index (χ1n) is 11.4. The molecule has 0 aliphatic carbocycles. The summed E-state index contributed by atoms with van der Waals surface area (Å²) in [6.07, 6.45) is -1.13. The third-order valence-electron chi connectivity index (χ3n) is 5.13. The number of hydrogen-bond donors (Lipinski definition) is 8. The lowest BCUT2D eigenvalue weighted by atomic mass is 10.0. The van der Waals surface area contributed by atoms with Crippen molar-refractivity contribution in [2.75, 3.05) is 0 Å². The largest absolute Gasteiger partial charge is 0.508 e. The molecule has 0 spiro atoms. The highest BCUT2D eigenvalue weighted by atomic mass is 16.4. The molecule has 37 heavy (non-hydrogen) atoms. The molecule has 0 aromatic heterocycles. The van der Waals surface area contributed by atoms with Crippen LogP contribution in [0.5, 0.6) is 5.75 Å². The number of carbonyl (C=O) groups is 6. The Labute approximate surface area is 213 Å². The van der Waals surface area contributed by atoms with Crippen molar-refractivity contribution < 1.29 is 39.0 Å². The molecule has 1 aromatic carbocycles. The predicted molar refractivity (Wildman–Crippen MR) is 130 cm³/mol. The van der Waals surface area contributed by atoms with Crippen molar-refractivity contribution >= 4 is 35.5 Å². The zero-order valence-corrected chi connectivity index (χ0v) is 20.6. The first-order valence-corrected chi connectivity index (χ1v) is 11.4. The molecular weight excluding hydrogens is 488 g/mol. The number of aliphatic carboxylic acids is 1. The van der Waals surface area contributed by atoms with Gasteiger partial charge in [0, 0.05) is 0 Å². The molecule has 0 radical (unpaired) electrons. The third-order valence-corrected chi connectivity index (χ3v) is 5.13. The maximum absolute atomic E-state index is 13.0. The summed E-state index contributed by atoms with van der Waals surface area (Å²) < 4.78 is 0. The third kappa shape index (κ3) is 11.4. The lowest BCUT2D eigenvalue weighted by molar-refractivity contribution is -0.144. The number of primary amides is 2. The minimum atomic E-state index is -1.69. The van der Waals surface area contributed by atoms with Crippen LogP contribution in [0.3, 0.4) is 0 Å². The summed E-state index contributed by atoms with van der Waals surface area (Å²) >= 11 is 0. The molecule has 204 valence electrons. The molecule has 0 heterocycles. The zero-order chi connectivity index (χ0) is 28.3. The van der Waals surface area contributed by atoms with Gasteiger partial charge >= 0.3 is 5.97 Å². The zero-order valence-electron chi connectivity index (χ0n) is 20.6. The molecule has 1 rings (SSSR count). The Morgan fingerprint density at radius 2 is 1.24 bits per heavy atom. The number of amides is 5. The van der Waals surface area contributed by atoms with Gasteiger partial charge in [0.2, 0.25) is 29.5 Å². The molecule has 1 aromatic rings. The number of carbonyl (C=O) groups excluding carboxylic acids is 5. The molecule has 11 N–H and O–H groups in total. The second-order valence-electron chi connectivity index (χ2n) is 8.97. The van der Waals surface area contributed by atoms with Gasteiger partial charge in [0.15, 0.2) is 0 Å². The molecule has 0 aliphatic heterocycles. The standard InChI is InChI=1S/C23H34N6O8/c1-11(2)7-15(27-20(33)14(24)8-12-3-5-13(30)6-4-12)21(34)28-16(9-18(25)31)22(35)29-17(23(36)37)10-19(26)32/h3-6,11,14-17,30H,7-10,24H2,1-2H3,(H2,25,31)(H2,26,32)(H,27,33)(H,28,34)(H,29,35)(H,36,37). The van der Waals surface area contributed by atoms with Crippen LogP contribution in [0, 0.1) is 5.92 Å². The topological polar surface area (TPSA) is 257 Å². The average molecular weight is 523 g/mol. The van der Waals surface area contributed by atoms with Crippen LogP contribution in [0.25, 0.3) is 0 Å². The van der Waals surface area contributed by atoms with Crippen LogP contribution in [0.1, 0.15) is 38.7 Å². The van der Waals surface area contributed by atoms with E-state index in [-0.39, 0.29) is 24.5 Å². The van der Waals surface area contributed by atoms with Crippen molar-refractivity contribution in [2.45, 2.75) is 63.7 Å². The van der Waals surface area contributed by atoms with E-state index in [1.54, 1.807) is 26.0 Å². The van der Waals surface area contributed by atoms with Gasteiger partial charge in [0.1, 0.15) is 23.9 Å². The monoisotopic (exact) mass is 522 g/mol. The van der Waals surface area contributed by atoms with E-state index in [2.05, 4.69) is 10.6 Å². The van der Waals surface area contributed by atoms with E-state index >= 15 is 0 Å². The number of benzene rings is 1. The van der Waals surface area contributed by atoms with E-state index in [0.717, 1.165) is 0 Å². The van der Waals surface area contributed by atoms with E-state index in [4.69, 9.17) is 17.2 Å². The van der Waals surface area contributed by atoms with Crippen molar-refractivity contribution in [1.82, 2.24) is 16.0 Å². The minimum absolute atomic E-state index is 0.0503. The first-order chi connectivity index (χ1) is 17.2. The van der Waals surface area contributed by atoms with Crippen molar-refractivity contribution in [3.63, 3.8) is 0 Å². The maximum atomic E-state index is 13.0. The van der Waals surface area contributed by atoms with Gasteiger partial charge in [0.25, 0.3) is 0 Å². The molecule has 0 bridgehead atoms. The Balaban J connectivity index is 2.98. The predicted octanol–water partition coefficient (Wildman–Crippen LogP) is -2.40. The molecule has 0 fully saturated rings. The number of nitrogens with two attached hydrogens (primary N) is 3. The van der Waals surface area contributed by atoms with Crippen molar-refractivity contribution in [1.29, 1.82) is 0 Å². The summed E-state index contributed by atoms with van der Waals surface area (Å²) in [6, 6.07) is 0.601. The fourth-order valence-corrected chi connectivity index (χ4v) is 3.32. The van der Waals surface area contributed by atoms with Gasteiger partial charge < -0.3 is 43.4 Å². The van der Waals surface area contributed by atoms with E-state index in [9.17, 15) is 39.0 Å². The molecule has 14 heteroatoms. The summed E-state index contributed by atoms with van der Waals surface area (Å²) in [5.74, 6) is -6.12. The minimum Gasteiger partial charge on any atom is -0.508 e. The fourth-order valence-electron chi connectivity index (χ4n) is 3.32. The Kier molecular flexibility index (Phi) is 12.0. The van der Waals surface area contributed by atoms with E-state index in [0.29, 0.717) is 5.56 Å². The van der Waals surface area contributed by atoms with Gasteiger partial charge in [-0.3, -0.25) is 24.0 Å².